The molecule has 1 aromatic carbocycles. The average Bonchev–Trinajstić information content (AvgIpc) is 2.35. The van der Waals surface area contributed by atoms with Crippen LogP contribution in [0.1, 0.15) is 49.3 Å². The molecule has 0 aliphatic heterocycles. The first kappa shape index (κ1) is 13.5. The quantitative estimate of drug-likeness (QED) is 0.850. The second-order valence-electron chi connectivity index (χ2n) is 5.88. The Morgan fingerprint density at radius 2 is 1.67 bits per heavy atom. The fourth-order valence-corrected chi connectivity index (χ4v) is 2.86. The summed E-state index contributed by atoms with van der Waals surface area (Å²) in [7, 11) is 0. The molecule has 1 saturated carbocycles. The predicted molar refractivity (Wildman–Crippen MR) is 74.1 cm³/mol. The lowest BCUT2D eigenvalue weighted by Crippen LogP contribution is -2.32. The lowest BCUT2D eigenvalue weighted by molar-refractivity contribution is 0.306. The molecule has 0 atom stereocenters. The molecule has 2 heteroatoms. The van der Waals surface area contributed by atoms with Crippen LogP contribution in [-0.4, -0.2) is 6.04 Å². The number of hydrogen-bond acceptors (Lipinski definition) is 1. The van der Waals surface area contributed by atoms with Crippen LogP contribution >= 0.6 is 0 Å². The van der Waals surface area contributed by atoms with E-state index in [-0.39, 0.29) is 5.82 Å². The summed E-state index contributed by atoms with van der Waals surface area (Å²) in [6.45, 7) is 6.88. The van der Waals surface area contributed by atoms with Gasteiger partial charge < -0.3 is 5.32 Å². The fraction of sp³-hybridized carbons (Fsp3) is 0.625. The fourth-order valence-electron chi connectivity index (χ4n) is 2.86. The Hall–Kier alpha value is -0.890. The number of rotatable bonds is 3. The van der Waals surface area contributed by atoms with Gasteiger partial charge in [0.15, 0.2) is 0 Å². The molecule has 1 N–H and O–H groups in total. The highest BCUT2D eigenvalue weighted by atomic mass is 19.1. The van der Waals surface area contributed by atoms with Crippen LogP contribution in [0, 0.1) is 25.6 Å². The second-order valence-corrected chi connectivity index (χ2v) is 5.88. The molecule has 1 aromatic rings. The minimum atomic E-state index is -0.0646. The van der Waals surface area contributed by atoms with E-state index in [9.17, 15) is 4.39 Å². The summed E-state index contributed by atoms with van der Waals surface area (Å²) >= 11 is 0. The van der Waals surface area contributed by atoms with E-state index in [2.05, 4.69) is 12.2 Å². The van der Waals surface area contributed by atoms with Crippen LogP contribution in [0.3, 0.4) is 0 Å². The lowest BCUT2D eigenvalue weighted by atomic mass is 9.87. The van der Waals surface area contributed by atoms with Gasteiger partial charge in [0.1, 0.15) is 5.82 Å². The zero-order chi connectivity index (χ0) is 13.1. The molecule has 1 fully saturated rings. The standard InChI is InChI=1S/C16H24FN/c1-11-4-6-15(7-5-11)18-10-14-8-12(2)16(17)13(3)9-14/h8-9,11,15,18H,4-7,10H2,1-3H3. The maximum atomic E-state index is 13.5. The largest absolute Gasteiger partial charge is 0.310 e. The van der Waals surface area contributed by atoms with E-state index >= 15 is 0 Å². The molecule has 100 valence electrons. The van der Waals surface area contributed by atoms with Gasteiger partial charge in [-0.25, -0.2) is 4.39 Å². The van der Waals surface area contributed by atoms with E-state index in [4.69, 9.17) is 0 Å². The zero-order valence-electron chi connectivity index (χ0n) is 11.7. The minimum absolute atomic E-state index is 0.0646. The van der Waals surface area contributed by atoms with Crippen LogP contribution in [0.2, 0.25) is 0 Å². The van der Waals surface area contributed by atoms with Crippen LogP contribution in [-0.2, 0) is 6.54 Å². The molecule has 0 bridgehead atoms. The van der Waals surface area contributed by atoms with Crippen LogP contribution in [0.5, 0.6) is 0 Å². The monoisotopic (exact) mass is 249 g/mol. The SMILES string of the molecule is Cc1cc(CNC2CCC(C)CC2)cc(C)c1F. The Morgan fingerprint density at radius 1 is 1.11 bits per heavy atom. The van der Waals surface area contributed by atoms with Gasteiger partial charge in [-0.1, -0.05) is 19.1 Å². The van der Waals surface area contributed by atoms with E-state index < -0.39 is 0 Å². The molecule has 0 radical (unpaired) electrons. The Labute approximate surface area is 110 Å². The Morgan fingerprint density at radius 3 is 2.22 bits per heavy atom. The van der Waals surface area contributed by atoms with Crippen LogP contribution in [0.4, 0.5) is 4.39 Å². The van der Waals surface area contributed by atoms with E-state index in [1.165, 1.54) is 31.2 Å². The van der Waals surface area contributed by atoms with Gasteiger partial charge in [-0.15, -0.1) is 0 Å². The van der Waals surface area contributed by atoms with Crippen LogP contribution in [0.15, 0.2) is 12.1 Å². The van der Waals surface area contributed by atoms with Crippen molar-refractivity contribution in [3.8, 4) is 0 Å². The lowest BCUT2D eigenvalue weighted by Gasteiger charge is -2.27. The van der Waals surface area contributed by atoms with Crippen molar-refractivity contribution in [2.24, 2.45) is 5.92 Å². The molecule has 0 spiro atoms. The van der Waals surface area contributed by atoms with E-state index in [1.54, 1.807) is 0 Å². The molecule has 0 heterocycles. The van der Waals surface area contributed by atoms with Crippen molar-refractivity contribution in [2.45, 2.75) is 59.0 Å². The van der Waals surface area contributed by atoms with Crippen molar-refractivity contribution in [3.05, 3.63) is 34.6 Å². The van der Waals surface area contributed by atoms with Crippen LogP contribution in [0.25, 0.3) is 0 Å². The van der Waals surface area contributed by atoms with Gasteiger partial charge in [0.2, 0.25) is 0 Å². The molecule has 2 rings (SSSR count). The van der Waals surface area contributed by atoms with Crippen molar-refractivity contribution in [1.82, 2.24) is 5.32 Å². The van der Waals surface area contributed by atoms with Gasteiger partial charge in [-0.05, 0) is 62.1 Å². The van der Waals surface area contributed by atoms with Crippen molar-refractivity contribution in [1.29, 1.82) is 0 Å². The molecule has 0 saturated heterocycles. The van der Waals surface area contributed by atoms with Crippen LogP contribution < -0.4 is 5.32 Å². The summed E-state index contributed by atoms with van der Waals surface area (Å²) in [4.78, 5) is 0. The summed E-state index contributed by atoms with van der Waals surface area (Å²) in [5, 5.41) is 3.61. The first-order chi connectivity index (χ1) is 8.56. The van der Waals surface area contributed by atoms with Crippen molar-refractivity contribution in [2.75, 3.05) is 0 Å². The third-order valence-electron chi connectivity index (χ3n) is 4.11. The number of nitrogens with one attached hydrogen (secondary N) is 1. The number of aryl methyl sites for hydroxylation is 2. The van der Waals surface area contributed by atoms with Gasteiger partial charge in [0.05, 0.1) is 0 Å². The van der Waals surface area contributed by atoms with Gasteiger partial charge in [0, 0.05) is 12.6 Å². The molecule has 0 amide bonds. The molecule has 18 heavy (non-hydrogen) atoms. The summed E-state index contributed by atoms with van der Waals surface area (Å²) in [5.41, 5.74) is 2.71. The van der Waals surface area contributed by atoms with E-state index in [0.717, 1.165) is 23.6 Å². The van der Waals surface area contributed by atoms with Gasteiger partial charge in [-0.3, -0.25) is 0 Å². The van der Waals surface area contributed by atoms with Gasteiger partial charge in [0.25, 0.3) is 0 Å². The molecule has 1 nitrogen and oxygen atoms in total. The molecular weight excluding hydrogens is 225 g/mol. The first-order valence-corrected chi connectivity index (χ1v) is 7.05. The Balaban J connectivity index is 1.90. The minimum Gasteiger partial charge on any atom is -0.310 e. The number of hydrogen-bond donors (Lipinski definition) is 1. The topological polar surface area (TPSA) is 12.0 Å². The zero-order valence-corrected chi connectivity index (χ0v) is 11.7. The molecule has 1 aliphatic carbocycles. The molecule has 0 unspecified atom stereocenters. The third kappa shape index (κ3) is 3.32. The van der Waals surface area contributed by atoms with Crippen molar-refractivity contribution < 1.29 is 4.39 Å². The smallest absolute Gasteiger partial charge is 0.129 e. The molecular formula is C16H24FN. The van der Waals surface area contributed by atoms with Crippen molar-refractivity contribution >= 4 is 0 Å². The van der Waals surface area contributed by atoms with Gasteiger partial charge >= 0.3 is 0 Å². The highest BCUT2D eigenvalue weighted by molar-refractivity contribution is 5.30. The molecule has 1 aliphatic rings. The van der Waals surface area contributed by atoms with Crippen molar-refractivity contribution in [3.63, 3.8) is 0 Å². The Bertz CT molecular complexity index is 383. The summed E-state index contributed by atoms with van der Waals surface area (Å²) in [6.07, 6.45) is 5.22. The van der Waals surface area contributed by atoms with Gasteiger partial charge in [-0.2, -0.15) is 0 Å². The third-order valence-corrected chi connectivity index (χ3v) is 4.11. The summed E-state index contributed by atoms with van der Waals surface area (Å²) in [6, 6.07) is 4.56. The second kappa shape index (κ2) is 5.83. The number of benzene rings is 1. The van der Waals surface area contributed by atoms with E-state index in [0.29, 0.717) is 6.04 Å². The average molecular weight is 249 g/mol. The highest BCUT2D eigenvalue weighted by Gasteiger charge is 2.17. The highest BCUT2D eigenvalue weighted by Crippen LogP contribution is 2.24. The normalized spacial score (nSPS) is 24.2. The maximum absolute atomic E-state index is 13.5. The molecule has 0 aromatic heterocycles. The summed E-state index contributed by atoms with van der Waals surface area (Å²) < 4.78 is 13.5. The number of halogens is 1. The summed E-state index contributed by atoms with van der Waals surface area (Å²) in [5.74, 6) is 0.823. The van der Waals surface area contributed by atoms with E-state index in [1.807, 2.05) is 26.0 Å². The predicted octanol–water partition coefficient (Wildman–Crippen LogP) is 4.11. The first-order valence-electron chi connectivity index (χ1n) is 7.05. The Kier molecular flexibility index (Phi) is 4.39. The maximum Gasteiger partial charge on any atom is 0.129 e.